The lowest BCUT2D eigenvalue weighted by Gasteiger charge is -2.37. The maximum Gasteiger partial charge on any atom is 0.240 e. The number of carbonyl (C=O) groups excluding carboxylic acids is 1. The number of hydrogen-bond acceptors (Lipinski definition) is 4. The molecule has 2 aliphatic rings. The molecule has 1 N–H and O–H groups in total. The van der Waals surface area contributed by atoms with Gasteiger partial charge in [-0.2, -0.15) is 0 Å². The van der Waals surface area contributed by atoms with Crippen LogP contribution in [-0.2, 0) is 26.0 Å². The number of sulfonamides is 1. The maximum absolute atomic E-state index is 12.4. The minimum Gasteiger partial charge on any atom is -0.375 e. The van der Waals surface area contributed by atoms with Gasteiger partial charge in [-0.25, -0.2) is 13.1 Å². The number of nitrogens with zero attached hydrogens (tertiary/aromatic N) is 1. The molecule has 138 valence electrons. The molecule has 7 heteroatoms. The Labute approximate surface area is 149 Å². The van der Waals surface area contributed by atoms with Crippen LogP contribution in [0.5, 0.6) is 0 Å². The van der Waals surface area contributed by atoms with Crippen molar-refractivity contribution in [2.75, 3.05) is 13.2 Å². The molecule has 1 aromatic carbocycles. The van der Waals surface area contributed by atoms with Crippen molar-refractivity contribution in [3.63, 3.8) is 0 Å². The lowest BCUT2D eigenvalue weighted by atomic mass is 10.1. The average Bonchev–Trinajstić information content (AvgIpc) is 3.38. The fourth-order valence-corrected chi connectivity index (χ4v) is 4.27. The Morgan fingerprint density at radius 3 is 2.56 bits per heavy atom. The highest BCUT2D eigenvalue weighted by Gasteiger charge is 2.28. The summed E-state index contributed by atoms with van der Waals surface area (Å²) in [6, 6.07) is 7.01. The van der Waals surface area contributed by atoms with Crippen molar-refractivity contribution in [2.24, 2.45) is 0 Å². The smallest absolute Gasteiger partial charge is 0.240 e. The second-order valence-corrected chi connectivity index (χ2v) is 8.79. The number of carbonyl (C=O) groups is 1. The molecule has 0 radical (unpaired) electrons. The zero-order valence-electron chi connectivity index (χ0n) is 14.8. The number of morpholine rings is 1. The summed E-state index contributed by atoms with van der Waals surface area (Å²) < 4.78 is 32.5. The van der Waals surface area contributed by atoms with Crippen molar-refractivity contribution >= 4 is 15.9 Å². The predicted octanol–water partition coefficient (Wildman–Crippen LogP) is 1.70. The van der Waals surface area contributed by atoms with Gasteiger partial charge in [-0.3, -0.25) is 4.79 Å². The number of aryl methyl sites for hydroxylation is 1. The average molecular weight is 366 g/mol. The molecule has 2 fully saturated rings. The molecule has 25 heavy (non-hydrogen) atoms. The molecule has 0 bridgehead atoms. The third-order valence-electron chi connectivity index (χ3n) is 4.69. The zero-order valence-corrected chi connectivity index (χ0v) is 15.6. The lowest BCUT2D eigenvalue weighted by Crippen LogP contribution is -2.50. The van der Waals surface area contributed by atoms with E-state index in [2.05, 4.69) is 4.72 Å². The van der Waals surface area contributed by atoms with Crippen molar-refractivity contribution in [3.05, 3.63) is 29.8 Å². The maximum atomic E-state index is 12.4. The van der Waals surface area contributed by atoms with E-state index in [0.717, 1.165) is 18.4 Å². The Morgan fingerprint density at radius 2 is 1.92 bits per heavy atom. The van der Waals surface area contributed by atoms with E-state index in [-0.39, 0.29) is 29.0 Å². The van der Waals surface area contributed by atoms with Gasteiger partial charge in [0, 0.05) is 19.0 Å². The SMILES string of the molecule is CC1CN(C(=O)CCc2ccc(S(=O)(=O)NC3CC3)cc2)C(C)CO1. The first kappa shape index (κ1) is 18.4. The highest BCUT2D eigenvalue weighted by molar-refractivity contribution is 7.89. The van der Waals surface area contributed by atoms with Gasteiger partial charge in [0.15, 0.2) is 0 Å². The predicted molar refractivity (Wildman–Crippen MR) is 94.7 cm³/mol. The zero-order chi connectivity index (χ0) is 18.0. The van der Waals surface area contributed by atoms with Gasteiger partial charge in [0.05, 0.1) is 23.6 Å². The van der Waals surface area contributed by atoms with Gasteiger partial charge >= 0.3 is 0 Å². The van der Waals surface area contributed by atoms with Crippen LogP contribution in [0.25, 0.3) is 0 Å². The lowest BCUT2D eigenvalue weighted by molar-refractivity contribution is -0.143. The summed E-state index contributed by atoms with van der Waals surface area (Å²) in [5, 5.41) is 0. The van der Waals surface area contributed by atoms with E-state index >= 15 is 0 Å². The number of ether oxygens (including phenoxy) is 1. The number of rotatable bonds is 6. The van der Waals surface area contributed by atoms with Crippen LogP contribution in [0.3, 0.4) is 0 Å². The molecule has 2 atom stereocenters. The molecule has 1 saturated carbocycles. The summed E-state index contributed by atoms with van der Waals surface area (Å²) in [4.78, 5) is 14.6. The van der Waals surface area contributed by atoms with Crippen LogP contribution < -0.4 is 4.72 Å². The van der Waals surface area contributed by atoms with Crippen molar-refractivity contribution in [1.29, 1.82) is 0 Å². The highest BCUT2D eigenvalue weighted by Crippen LogP contribution is 2.22. The highest BCUT2D eigenvalue weighted by atomic mass is 32.2. The minimum atomic E-state index is -3.41. The summed E-state index contributed by atoms with van der Waals surface area (Å²) in [6.07, 6.45) is 2.93. The second-order valence-electron chi connectivity index (χ2n) is 7.08. The van der Waals surface area contributed by atoms with Gasteiger partial charge in [-0.1, -0.05) is 12.1 Å². The van der Waals surface area contributed by atoms with E-state index in [1.165, 1.54) is 0 Å². The topological polar surface area (TPSA) is 75.7 Å². The van der Waals surface area contributed by atoms with Crippen molar-refractivity contribution < 1.29 is 17.9 Å². The molecular weight excluding hydrogens is 340 g/mol. The molecule has 1 saturated heterocycles. The van der Waals surface area contributed by atoms with Crippen molar-refractivity contribution in [2.45, 2.75) is 62.6 Å². The summed E-state index contributed by atoms with van der Waals surface area (Å²) >= 11 is 0. The minimum absolute atomic E-state index is 0.0728. The van der Waals surface area contributed by atoms with Gasteiger partial charge < -0.3 is 9.64 Å². The fraction of sp³-hybridized carbons (Fsp3) is 0.611. The van der Waals surface area contributed by atoms with Crippen LogP contribution >= 0.6 is 0 Å². The largest absolute Gasteiger partial charge is 0.375 e. The molecule has 1 heterocycles. The van der Waals surface area contributed by atoms with Crippen LogP contribution in [0.2, 0.25) is 0 Å². The monoisotopic (exact) mass is 366 g/mol. The van der Waals surface area contributed by atoms with Crippen LogP contribution in [0.1, 0.15) is 38.7 Å². The summed E-state index contributed by atoms with van der Waals surface area (Å²) in [5.74, 6) is 0.120. The Balaban J connectivity index is 1.55. The molecule has 3 rings (SSSR count). The Morgan fingerprint density at radius 1 is 1.24 bits per heavy atom. The van der Waals surface area contributed by atoms with Gasteiger partial charge in [-0.15, -0.1) is 0 Å². The number of benzene rings is 1. The second kappa shape index (κ2) is 7.43. The van der Waals surface area contributed by atoms with Crippen molar-refractivity contribution in [1.82, 2.24) is 9.62 Å². The summed E-state index contributed by atoms with van der Waals surface area (Å²) in [5.41, 5.74) is 0.965. The third kappa shape index (κ3) is 4.80. The number of hydrogen-bond donors (Lipinski definition) is 1. The van der Waals surface area contributed by atoms with Gasteiger partial charge in [0.25, 0.3) is 0 Å². The molecule has 1 aliphatic carbocycles. The van der Waals surface area contributed by atoms with E-state index in [9.17, 15) is 13.2 Å². The van der Waals surface area contributed by atoms with Crippen LogP contribution in [-0.4, -0.2) is 50.6 Å². The summed E-state index contributed by atoms with van der Waals surface area (Å²) in [6.45, 7) is 5.18. The summed E-state index contributed by atoms with van der Waals surface area (Å²) in [7, 11) is -3.41. The molecule has 0 aromatic heterocycles. The van der Waals surface area contributed by atoms with E-state index < -0.39 is 10.0 Å². The first-order chi connectivity index (χ1) is 11.8. The first-order valence-corrected chi connectivity index (χ1v) is 10.4. The quantitative estimate of drug-likeness (QED) is 0.831. The molecule has 1 aromatic rings. The van der Waals surface area contributed by atoms with E-state index in [0.29, 0.717) is 26.0 Å². The normalized spacial score (nSPS) is 24.3. The first-order valence-electron chi connectivity index (χ1n) is 8.87. The van der Waals surface area contributed by atoms with Crippen LogP contribution in [0.4, 0.5) is 0 Å². The number of nitrogens with one attached hydrogen (secondary N) is 1. The Bertz CT molecular complexity index is 713. The van der Waals surface area contributed by atoms with E-state index in [1.807, 2.05) is 18.7 Å². The Kier molecular flexibility index (Phi) is 5.46. The molecule has 2 unspecified atom stereocenters. The van der Waals surface area contributed by atoms with Gasteiger partial charge in [0.2, 0.25) is 15.9 Å². The molecule has 6 nitrogen and oxygen atoms in total. The van der Waals surface area contributed by atoms with Crippen LogP contribution in [0.15, 0.2) is 29.2 Å². The third-order valence-corrected chi connectivity index (χ3v) is 6.22. The van der Waals surface area contributed by atoms with E-state index in [4.69, 9.17) is 4.74 Å². The van der Waals surface area contributed by atoms with Gasteiger partial charge in [0.1, 0.15) is 0 Å². The molecule has 0 spiro atoms. The van der Waals surface area contributed by atoms with E-state index in [1.54, 1.807) is 24.3 Å². The van der Waals surface area contributed by atoms with Crippen molar-refractivity contribution in [3.8, 4) is 0 Å². The Hall–Kier alpha value is -1.44. The fourth-order valence-electron chi connectivity index (χ4n) is 2.97. The van der Waals surface area contributed by atoms with Gasteiger partial charge in [-0.05, 0) is 50.8 Å². The molecular formula is C18H26N2O4S. The van der Waals surface area contributed by atoms with Crippen LogP contribution in [0, 0.1) is 0 Å². The standard InChI is InChI=1S/C18H26N2O4S/c1-13-12-24-14(2)11-20(13)18(21)10-5-15-3-8-17(9-4-15)25(22,23)19-16-6-7-16/h3-4,8-9,13-14,16,19H,5-7,10-12H2,1-2H3. The molecule has 1 aliphatic heterocycles. The number of amides is 1. The molecule has 1 amide bonds.